The maximum absolute atomic E-state index is 13.8. The van der Waals surface area contributed by atoms with E-state index in [4.69, 9.17) is 4.74 Å². The van der Waals surface area contributed by atoms with Crippen molar-refractivity contribution in [3.8, 4) is 0 Å². The number of esters is 1. The lowest BCUT2D eigenvalue weighted by molar-refractivity contribution is -0.149. The average molecular weight is 290 g/mol. The minimum atomic E-state index is -1.71. The molecule has 2 atom stereocenters. The van der Waals surface area contributed by atoms with Crippen molar-refractivity contribution in [2.45, 2.75) is 24.7 Å². The van der Waals surface area contributed by atoms with Gasteiger partial charge in [0.2, 0.25) is 0 Å². The van der Waals surface area contributed by atoms with Crippen molar-refractivity contribution in [2.24, 2.45) is 0 Å². The van der Waals surface area contributed by atoms with Gasteiger partial charge in [0.1, 0.15) is 23.8 Å². The Balaban J connectivity index is 3.18. The van der Waals surface area contributed by atoms with Crippen LogP contribution in [-0.4, -0.2) is 29.2 Å². The molecule has 0 saturated heterocycles. The minimum absolute atomic E-state index is 0.0861. The molecule has 0 spiro atoms. The first-order chi connectivity index (χ1) is 8.81. The molecule has 106 valence electrons. The molecule has 0 aliphatic carbocycles. The molecule has 0 aliphatic heterocycles. The van der Waals surface area contributed by atoms with Crippen LogP contribution in [0.25, 0.3) is 0 Å². The van der Waals surface area contributed by atoms with Crippen molar-refractivity contribution in [3.05, 3.63) is 35.4 Å². The molecule has 0 saturated carbocycles. The van der Waals surface area contributed by atoms with Crippen LogP contribution in [0.2, 0.25) is 0 Å². The Hall–Kier alpha value is -1.14. The number of hydrogen-bond donors (Lipinski definition) is 1. The molecule has 1 aromatic carbocycles. The maximum Gasteiger partial charge on any atom is 0.302 e. The Morgan fingerprint density at radius 3 is 2.63 bits per heavy atom. The van der Waals surface area contributed by atoms with Crippen LogP contribution in [0.4, 0.5) is 8.78 Å². The van der Waals surface area contributed by atoms with Crippen LogP contribution < -0.4 is 0 Å². The second kappa shape index (κ2) is 6.34. The Kier molecular flexibility index (Phi) is 5.31. The summed E-state index contributed by atoms with van der Waals surface area (Å²) in [6.45, 7) is 2.50. The fraction of sp³-hybridized carbons (Fsp3) is 0.462. The van der Waals surface area contributed by atoms with Crippen LogP contribution in [0, 0.1) is 11.6 Å². The van der Waals surface area contributed by atoms with Gasteiger partial charge in [-0.1, -0.05) is 13.0 Å². The number of hydrogen-bond acceptors (Lipinski definition) is 4. The van der Waals surface area contributed by atoms with Crippen molar-refractivity contribution < 1.29 is 23.4 Å². The number of carbonyl (C=O) groups excluding carboxylic acids is 1. The fourth-order valence-corrected chi connectivity index (χ4v) is 2.25. The summed E-state index contributed by atoms with van der Waals surface area (Å²) in [4.78, 5) is 10.9. The van der Waals surface area contributed by atoms with Crippen molar-refractivity contribution in [1.82, 2.24) is 0 Å². The normalized spacial score (nSPS) is 15.7. The fourth-order valence-electron chi connectivity index (χ4n) is 1.66. The molecule has 1 aromatic rings. The van der Waals surface area contributed by atoms with E-state index in [2.05, 4.69) is 0 Å². The highest BCUT2D eigenvalue weighted by molar-refractivity contribution is 7.99. The quantitative estimate of drug-likeness (QED) is 0.846. The molecule has 6 heteroatoms. The standard InChI is InChI=1S/C13H16F2O3S/c1-8(19-3)13(17,7-18-9(2)16)11-5-4-10(14)6-12(11)15/h4-6,8,17H,7H2,1-3H3/t8-,13+/m1/s1. The molecule has 1 rings (SSSR count). The molecule has 0 radical (unpaired) electrons. The van der Waals surface area contributed by atoms with Gasteiger partial charge in [0.15, 0.2) is 0 Å². The van der Waals surface area contributed by atoms with Crippen molar-refractivity contribution in [1.29, 1.82) is 0 Å². The summed E-state index contributed by atoms with van der Waals surface area (Å²) in [5, 5.41) is 10.2. The van der Waals surface area contributed by atoms with Gasteiger partial charge in [-0.05, 0) is 12.3 Å². The van der Waals surface area contributed by atoms with Gasteiger partial charge in [-0.15, -0.1) is 0 Å². The van der Waals surface area contributed by atoms with E-state index >= 15 is 0 Å². The van der Waals surface area contributed by atoms with E-state index in [1.54, 1.807) is 13.2 Å². The van der Waals surface area contributed by atoms with Crippen LogP contribution >= 0.6 is 11.8 Å². The van der Waals surface area contributed by atoms with Crippen molar-refractivity contribution in [3.63, 3.8) is 0 Å². The predicted octanol–water partition coefficient (Wildman–Crippen LogP) is 2.47. The van der Waals surface area contributed by atoms with E-state index in [9.17, 15) is 18.7 Å². The molecule has 1 N–H and O–H groups in total. The smallest absolute Gasteiger partial charge is 0.302 e. The van der Waals surface area contributed by atoms with E-state index in [1.807, 2.05) is 0 Å². The zero-order valence-corrected chi connectivity index (χ0v) is 11.8. The van der Waals surface area contributed by atoms with E-state index in [-0.39, 0.29) is 12.2 Å². The molecule has 0 unspecified atom stereocenters. The second-order valence-corrected chi connectivity index (χ2v) is 5.39. The molecule has 19 heavy (non-hydrogen) atoms. The molecular weight excluding hydrogens is 274 g/mol. The lowest BCUT2D eigenvalue weighted by Crippen LogP contribution is -2.41. The third-order valence-corrected chi connectivity index (χ3v) is 4.02. The monoisotopic (exact) mass is 290 g/mol. The third-order valence-electron chi connectivity index (χ3n) is 2.92. The van der Waals surface area contributed by atoms with Gasteiger partial charge in [-0.25, -0.2) is 8.78 Å². The van der Waals surface area contributed by atoms with Gasteiger partial charge in [-0.2, -0.15) is 11.8 Å². The van der Waals surface area contributed by atoms with Crippen LogP contribution in [-0.2, 0) is 15.1 Å². The van der Waals surface area contributed by atoms with Gasteiger partial charge in [-0.3, -0.25) is 4.79 Å². The van der Waals surface area contributed by atoms with Gasteiger partial charge < -0.3 is 9.84 Å². The van der Waals surface area contributed by atoms with E-state index in [0.717, 1.165) is 6.07 Å². The van der Waals surface area contributed by atoms with Crippen molar-refractivity contribution in [2.75, 3.05) is 12.9 Å². The zero-order chi connectivity index (χ0) is 14.6. The molecule has 0 amide bonds. The summed E-state index contributed by atoms with van der Waals surface area (Å²) >= 11 is 1.29. The number of carbonyl (C=O) groups is 1. The molecule has 0 aromatic heterocycles. The lowest BCUT2D eigenvalue weighted by Gasteiger charge is -2.33. The summed E-state index contributed by atoms with van der Waals surface area (Å²) in [5.74, 6) is -2.17. The zero-order valence-electron chi connectivity index (χ0n) is 10.9. The highest BCUT2D eigenvalue weighted by atomic mass is 32.2. The summed E-state index contributed by atoms with van der Waals surface area (Å²) in [7, 11) is 0. The Bertz CT molecular complexity index is 467. The number of ether oxygens (including phenoxy) is 1. The predicted molar refractivity (Wildman–Crippen MR) is 69.9 cm³/mol. The SMILES string of the molecule is CS[C@H](C)[C@@](O)(COC(C)=O)c1ccc(F)cc1F. The highest BCUT2D eigenvalue weighted by Gasteiger charge is 2.39. The van der Waals surface area contributed by atoms with Crippen molar-refractivity contribution >= 4 is 17.7 Å². The summed E-state index contributed by atoms with van der Waals surface area (Å²) in [6.07, 6.45) is 1.74. The van der Waals surface area contributed by atoms with E-state index in [0.29, 0.717) is 6.07 Å². The number of thioether (sulfide) groups is 1. The number of rotatable bonds is 5. The van der Waals surface area contributed by atoms with Gasteiger partial charge in [0.05, 0.1) is 0 Å². The van der Waals surface area contributed by atoms with Crippen LogP contribution in [0.15, 0.2) is 18.2 Å². The minimum Gasteiger partial charge on any atom is -0.462 e. The Morgan fingerprint density at radius 2 is 2.16 bits per heavy atom. The van der Waals surface area contributed by atoms with E-state index < -0.39 is 28.5 Å². The number of aliphatic hydroxyl groups is 1. The second-order valence-electron chi connectivity index (χ2n) is 4.21. The Morgan fingerprint density at radius 1 is 1.53 bits per heavy atom. The first-order valence-corrected chi connectivity index (χ1v) is 6.94. The summed E-state index contributed by atoms with van der Waals surface area (Å²) in [6, 6.07) is 2.92. The topological polar surface area (TPSA) is 46.5 Å². The van der Waals surface area contributed by atoms with Crippen LogP contribution in [0.3, 0.4) is 0 Å². The largest absolute Gasteiger partial charge is 0.462 e. The number of benzene rings is 1. The number of halogens is 2. The summed E-state index contributed by atoms with van der Waals surface area (Å²) in [5.41, 5.74) is -1.79. The Labute approximate surface area is 115 Å². The third kappa shape index (κ3) is 3.67. The highest BCUT2D eigenvalue weighted by Crippen LogP contribution is 2.34. The first kappa shape index (κ1) is 15.9. The van der Waals surface area contributed by atoms with Gasteiger partial charge in [0.25, 0.3) is 0 Å². The average Bonchev–Trinajstić information content (AvgIpc) is 2.34. The molecule has 0 fully saturated rings. The molecule has 0 heterocycles. The maximum atomic E-state index is 13.8. The van der Waals surface area contributed by atoms with Gasteiger partial charge in [0, 0.05) is 23.8 Å². The lowest BCUT2D eigenvalue weighted by atomic mass is 9.91. The molecule has 0 bridgehead atoms. The molecule has 0 aliphatic rings. The van der Waals surface area contributed by atoms with Gasteiger partial charge >= 0.3 is 5.97 Å². The van der Waals surface area contributed by atoms with E-state index in [1.165, 1.54) is 24.8 Å². The first-order valence-electron chi connectivity index (χ1n) is 5.65. The van der Waals surface area contributed by atoms with Crippen LogP contribution in [0.1, 0.15) is 19.4 Å². The molecular formula is C13H16F2O3S. The van der Waals surface area contributed by atoms with Crippen LogP contribution in [0.5, 0.6) is 0 Å². The summed E-state index contributed by atoms with van der Waals surface area (Å²) < 4.78 is 31.5. The molecule has 3 nitrogen and oxygen atoms in total.